The summed E-state index contributed by atoms with van der Waals surface area (Å²) >= 11 is 0. The number of benzene rings is 1. The Morgan fingerprint density at radius 1 is 1.35 bits per heavy atom. The van der Waals surface area contributed by atoms with E-state index in [1.165, 1.54) is 11.1 Å². The molecular formula is C20H25NO2. The van der Waals surface area contributed by atoms with Crippen LogP contribution < -0.4 is 0 Å². The van der Waals surface area contributed by atoms with Crippen LogP contribution in [-0.2, 0) is 16.6 Å². The van der Waals surface area contributed by atoms with E-state index in [2.05, 4.69) is 37.1 Å². The lowest BCUT2D eigenvalue weighted by atomic mass is 9.57. The van der Waals surface area contributed by atoms with Gasteiger partial charge < -0.3 is 9.84 Å². The molecular weight excluding hydrogens is 286 g/mol. The van der Waals surface area contributed by atoms with Crippen molar-refractivity contribution in [2.45, 2.75) is 38.1 Å². The Morgan fingerprint density at radius 3 is 2.87 bits per heavy atom. The summed E-state index contributed by atoms with van der Waals surface area (Å²) in [7, 11) is 3.97. The number of aromatic hydroxyl groups is 1. The third-order valence-electron chi connectivity index (χ3n) is 6.09. The van der Waals surface area contributed by atoms with Crippen molar-refractivity contribution in [3.8, 4) is 5.75 Å². The van der Waals surface area contributed by atoms with Crippen LogP contribution in [0.25, 0.3) is 0 Å². The Morgan fingerprint density at radius 2 is 2.13 bits per heavy atom. The first kappa shape index (κ1) is 14.8. The minimum absolute atomic E-state index is 0.196. The standard InChI is InChI=1S/C20H25NO2/c1-12-5-6-14-10-16-15-9-13(2)17(23-4)11-20(15,7-8-21(16)3)18(14)19(12)22/h5-6,9,11,13,16,22H,7-8,10H2,1-4H3/t13-,16?,20?/m1/s1. The zero-order valence-corrected chi connectivity index (χ0v) is 14.4. The van der Waals surface area contributed by atoms with E-state index in [1.54, 1.807) is 7.11 Å². The number of phenols is 1. The highest BCUT2D eigenvalue weighted by atomic mass is 16.5. The van der Waals surface area contributed by atoms with Gasteiger partial charge in [0, 0.05) is 22.9 Å². The first-order valence-electron chi connectivity index (χ1n) is 8.49. The molecule has 1 aliphatic heterocycles. The van der Waals surface area contributed by atoms with Crippen LogP contribution in [0.1, 0.15) is 30.0 Å². The molecule has 2 aliphatic carbocycles. The number of methoxy groups -OCH3 is 1. The number of piperidine rings is 1. The molecule has 2 bridgehead atoms. The second-order valence-electron chi connectivity index (χ2n) is 7.35. The van der Waals surface area contributed by atoms with Gasteiger partial charge in [0.2, 0.25) is 0 Å². The summed E-state index contributed by atoms with van der Waals surface area (Å²) in [6, 6.07) is 4.67. The smallest absolute Gasteiger partial charge is 0.123 e. The number of phenolic OH excluding ortho intramolecular Hbond substituents is 1. The number of likely N-dealkylation sites (tertiary alicyclic amines) is 1. The van der Waals surface area contributed by atoms with Gasteiger partial charge in [-0.3, -0.25) is 4.90 Å². The molecule has 1 aromatic carbocycles. The Hall–Kier alpha value is -1.74. The van der Waals surface area contributed by atoms with Gasteiger partial charge >= 0.3 is 0 Å². The molecule has 0 amide bonds. The van der Waals surface area contributed by atoms with E-state index in [0.717, 1.165) is 36.3 Å². The van der Waals surface area contributed by atoms with Gasteiger partial charge in [-0.05, 0) is 56.1 Å². The van der Waals surface area contributed by atoms with Crippen molar-refractivity contribution >= 4 is 0 Å². The summed E-state index contributed by atoms with van der Waals surface area (Å²) in [6.45, 7) is 5.22. The monoisotopic (exact) mass is 311 g/mol. The molecule has 23 heavy (non-hydrogen) atoms. The van der Waals surface area contributed by atoms with Gasteiger partial charge in [0.15, 0.2) is 0 Å². The van der Waals surface area contributed by atoms with Crippen molar-refractivity contribution in [1.82, 2.24) is 4.90 Å². The van der Waals surface area contributed by atoms with Gasteiger partial charge in [-0.1, -0.05) is 25.1 Å². The number of ether oxygens (including phenoxy) is 1. The molecule has 3 heteroatoms. The minimum Gasteiger partial charge on any atom is -0.507 e. The highest BCUT2D eigenvalue weighted by Crippen LogP contribution is 2.55. The molecule has 1 heterocycles. The van der Waals surface area contributed by atoms with Gasteiger partial charge in [0.05, 0.1) is 12.9 Å². The van der Waals surface area contributed by atoms with Crippen LogP contribution in [0.3, 0.4) is 0 Å². The molecule has 3 nitrogen and oxygen atoms in total. The van der Waals surface area contributed by atoms with Crippen LogP contribution >= 0.6 is 0 Å². The Labute approximate surface area is 138 Å². The van der Waals surface area contributed by atoms with Gasteiger partial charge in [-0.2, -0.15) is 0 Å². The lowest BCUT2D eigenvalue weighted by Crippen LogP contribution is -2.54. The van der Waals surface area contributed by atoms with Gasteiger partial charge in [-0.15, -0.1) is 0 Å². The van der Waals surface area contributed by atoms with E-state index in [9.17, 15) is 5.11 Å². The molecule has 1 fully saturated rings. The lowest BCUT2D eigenvalue weighted by Gasteiger charge is -2.53. The highest BCUT2D eigenvalue weighted by molar-refractivity contribution is 5.62. The summed E-state index contributed by atoms with van der Waals surface area (Å²) in [5.74, 6) is 1.79. The second kappa shape index (κ2) is 4.88. The van der Waals surface area contributed by atoms with Crippen LogP contribution in [-0.4, -0.2) is 36.8 Å². The zero-order chi connectivity index (χ0) is 16.4. The van der Waals surface area contributed by atoms with Crippen molar-refractivity contribution in [3.63, 3.8) is 0 Å². The van der Waals surface area contributed by atoms with Gasteiger partial charge in [-0.25, -0.2) is 0 Å². The number of hydrogen-bond donors (Lipinski definition) is 1. The average molecular weight is 311 g/mol. The molecule has 0 radical (unpaired) electrons. The van der Waals surface area contributed by atoms with E-state index in [0.29, 0.717) is 17.7 Å². The second-order valence-corrected chi connectivity index (χ2v) is 7.35. The van der Waals surface area contributed by atoms with E-state index in [-0.39, 0.29) is 5.41 Å². The van der Waals surface area contributed by atoms with Crippen LogP contribution in [0, 0.1) is 12.8 Å². The number of rotatable bonds is 1. The van der Waals surface area contributed by atoms with Crippen molar-refractivity contribution in [2.75, 3.05) is 20.7 Å². The quantitative estimate of drug-likeness (QED) is 0.808. The van der Waals surface area contributed by atoms with Gasteiger partial charge in [0.25, 0.3) is 0 Å². The SMILES string of the molecule is COC1=CC23CCN(C)C(Cc4ccc(C)c(O)c42)C3=C[C@H]1C. The molecule has 2 unspecified atom stereocenters. The number of allylic oxidation sites excluding steroid dienone is 2. The maximum Gasteiger partial charge on any atom is 0.123 e. The molecule has 0 spiro atoms. The molecule has 0 aromatic heterocycles. The minimum atomic E-state index is -0.196. The molecule has 1 N–H and O–H groups in total. The third kappa shape index (κ3) is 1.86. The number of likely N-dealkylation sites (N-methyl/N-ethyl adjacent to an activating group) is 1. The maximum absolute atomic E-state index is 10.9. The zero-order valence-electron chi connectivity index (χ0n) is 14.4. The number of hydrogen-bond acceptors (Lipinski definition) is 3. The molecule has 0 saturated carbocycles. The predicted octanol–water partition coefficient (Wildman–Crippen LogP) is 3.31. The van der Waals surface area contributed by atoms with Crippen molar-refractivity contribution < 1.29 is 9.84 Å². The molecule has 1 saturated heterocycles. The van der Waals surface area contributed by atoms with Crippen LogP contribution in [0.15, 0.2) is 35.6 Å². The topological polar surface area (TPSA) is 32.7 Å². The molecule has 3 aliphatic rings. The first-order chi connectivity index (χ1) is 11.0. The predicted molar refractivity (Wildman–Crippen MR) is 91.6 cm³/mol. The fraction of sp³-hybridized carbons (Fsp3) is 0.500. The van der Waals surface area contributed by atoms with E-state index < -0.39 is 0 Å². The summed E-state index contributed by atoms with van der Waals surface area (Å²) in [5, 5.41) is 10.9. The van der Waals surface area contributed by atoms with E-state index >= 15 is 0 Å². The van der Waals surface area contributed by atoms with Crippen molar-refractivity contribution in [3.05, 3.63) is 52.3 Å². The highest BCUT2D eigenvalue weighted by Gasteiger charge is 2.51. The summed E-state index contributed by atoms with van der Waals surface area (Å²) in [6.07, 6.45) is 6.65. The summed E-state index contributed by atoms with van der Waals surface area (Å²) < 4.78 is 5.67. The number of aryl methyl sites for hydroxylation is 1. The fourth-order valence-electron chi connectivity index (χ4n) is 4.79. The largest absolute Gasteiger partial charge is 0.507 e. The molecule has 1 aromatic rings. The fourth-order valence-corrected chi connectivity index (χ4v) is 4.79. The Kier molecular flexibility index (Phi) is 3.14. The van der Waals surface area contributed by atoms with Crippen LogP contribution in [0.4, 0.5) is 0 Å². The Bertz CT molecular complexity index is 733. The normalized spacial score (nSPS) is 32.5. The van der Waals surface area contributed by atoms with Crippen LogP contribution in [0.5, 0.6) is 5.75 Å². The van der Waals surface area contributed by atoms with Crippen molar-refractivity contribution in [2.24, 2.45) is 5.92 Å². The summed E-state index contributed by atoms with van der Waals surface area (Å²) in [5.41, 5.74) is 4.62. The molecule has 4 rings (SSSR count). The van der Waals surface area contributed by atoms with Crippen molar-refractivity contribution in [1.29, 1.82) is 0 Å². The van der Waals surface area contributed by atoms with E-state index in [4.69, 9.17) is 4.74 Å². The first-order valence-corrected chi connectivity index (χ1v) is 8.49. The lowest BCUT2D eigenvalue weighted by molar-refractivity contribution is 0.171. The number of nitrogens with zero attached hydrogens (tertiary/aromatic N) is 1. The van der Waals surface area contributed by atoms with Gasteiger partial charge in [0.1, 0.15) is 5.75 Å². The maximum atomic E-state index is 10.9. The third-order valence-corrected chi connectivity index (χ3v) is 6.09. The van der Waals surface area contributed by atoms with E-state index in [1.807, 2.05) is 13.0 Å². The Balaban J connectivity index is 2.03. The molecule has 3 atom stereocenters. The van der Waals surface area contributed by atoms with Crippen LogP contribution in [0.2, 0.25) is 0 Å². The summed E-state index contributed by atoms with van der Waals surface area (Å²) in [4.78, 5) is 2.46. The molecule has 122 valence electrons. The number of fused-ring (bicyclic) bond motifs is 1. The average Bonchev–Trinajstić information content (AvgIpc) is 2.53.